The van der Waals surface area contributed by atoms with Crippen molar-refractivity contribution in [3.63, 3.8) is 0 Å². The van der Waals surface area contributed by atoms with E-state index in [2.05, 4.69) is 32.6 Å². The van der Waals surface area contributed by atoms with Gasteiger partial charge in [-0.3, -0.25) is 19.3 Å². The number of aliphatic hydroxyl groups is 1. The minimum absolute atomic E-state index is 0.0317. The number of carbonyl (C=O) groups excluding carboxylic acids is 3. The molecule has 0 fully saturated rings. The van der Waals surface area contributed by atoms with Crippen LogP contribution in [0.2, 0.25) is 0 Å². The molecule has 2 atom stereocenters. The van der Waals surface area contributed by atoms with Gasteiger partial charge in [-0.1, -0.05) is 182 Å². The van der Waals surface area contributed by atoms with Gasteiger partial charge >= 0.3 is 11.9 Å². The molecule has 0 amide bonds. The van der Waals surface area contributed by atoms with E-state index < -0.39 is 0 Å². The molecule has 0 aromatic rings. The molecular formula is C51H99NO6. The van der Waals surface area contributed by atoms with Crippen molar-refractivity contribution in [2.24, 2.45) is 11.8 Å². The van der Waals surface area contributed by atoms with Crippen molar-refractivity contribution in [2.75, 3.05) is 39.5 Å². The molecule has 0 radical (unpaired) electrons. The summed E-state index contributed by atoms with van der Waals surface area (Å²) in [5.74, 6) is 1.43. The quantitative estimate of drug-likeness (QED) is 0.0483. The highest BCUT2D eigenvalue weighted by Gasteiger charge is 2.15. The second-order valence-electron chi connectivity index (χ2n) is 17.8. The van der Waals surface area contributed by atoms with Gasteiger partial charge in [0.05, 0.1) is 19.8 Å². The van der Waals surface area contributed by atoms with Gasteiger partial charge in [0.2, 0.25) is 0 Å². The molecule has 0 aliphatic rings. The maximum atomic E-state index is 13.0. The van der Waals surface area contributed by atoms with E-state index in [1.807, 2.05) is 0 Å². The number of hydrogen-bond donors (Lipinski definition) is 1. The van der Waals surface area contributed by atoms with Crippen LogP contribution in [-0.2, 0) is 23.9 Å². The van der Waals surface area contributed by atoms with E-state index in [1.54, 1.807) is 0 Å². The first-order chi connectivity index (χ1) is 28.4. The lowest BCUT2D eigenvalue weighted by molar-refractivity contribution is -0.145. The molecule has 7 heteroatoms. The van der Waals surface area contributed by atoms with Crippen molar-refractivity contribution < 1.29 is 29.0 Å². The number of carbonyl (C=O) groups is 3. The van der Waals surface area contributed by atoms with E-state index in [0.717, 1.165) is 83.7 Å². The molecule has 0 saturated carbocycles. The summed E-state index contributed by atoms with van der Waals surface area (Å²) in [6.07, 6.45) is 40.1. The van der Waals surface area contributed by atoms with E-state index >= 15 is 0 Å². The number of hydrogen-bond acceptors (Lipinski definition) is 7. The summed E-state index contributed by atoms with van der Waals surface area (Å²) in [6, 6.07) is 0. The molecule has 0 rings (SSSR count). The smallest absolute Gasteiger partial charge is 0.305 e. The van der Waals surface area contributed by atoms with Crippen molar-refractivity contribution in [3.8, 4) is 0 Å². The van der Waals surface area contributed by atoms with Crippen LogP contribution in [0, 0.1) is 11.8 Å². The molecule has 0 aromatic carbocycles. The zero-order valence-corrected chi connectivity index (χ0v) is 39.3. The number of nitrogens with zero attached hydrogens (tertiary/aromatic N) is 1. The molecule has 0 saturated heterocycles. The van der Waals surface area contributed by atoms with Gasteiger partial charge in [0.1, 0.15) is 5.78 Å². The molecule has 58 heavy (non-hydrogen) atoms. The van der Waals surface area contributed by atoms with Gasteiger partial charge in [-0.05, 0) is 82.7 Å². The minimum Gasteiger partial charge on any atom is -0.466 e. The van der Waals surface area contributed by atoms with Crippen LogP contribution in [0.3, 0.4) is 0 Å². The van der Waals surface area contributed by atoms with Crippen LogP contribution in [0.1, 0.15) is 259 Å². The molecule has 0 aliphatic carbocycles. The average molecular weight is 822 g/mol. The fourth-order valence-electron chi connectivity index (χ4n) is 8.26. The molecule has 0 heterocycles. The maximum Gasteiger partial charge on any atom is 0.305 e. The maximum absolute atomic E-state index is 13.0. The lowest BCUT2D eigenvalue weighted by Crippen LogP contribution is -2.32. The summed E-state index contributed by atoms with van der Waals surface area (Å²) in [4.78, 5) is 40.3. The Kier molecular flexibility index (Phi) is 43.9. The summed E-state index contributed by atoms with van der Waals surface area (Å²) in [7, 11) is 0. The molecule has 0 spiro atoms. The molecule has 344 valence electrons. The first kappa shape index (κ1) is 56.5. The summed E-state index contributed by atoms with van der Waals surface area (Å²) >= 11 is 0. The van der Waals surface area contributed by atoms with Crippen LogP contribution in [0.5, 0.6) is 0 Å². The Morgan fingerprint density at radius 2 is 0.776 bits per heavy atom. The Balaban J connectivity index is 4.39. The molecule has 0 aliphatic heterocycles. The summed E-state index contributed by atoms with van der Waals surface area (Å²) in [5, 5.41) is 9.21. The van der Waals surface area contributed by atoms with Crippen LogP contribution >= 0.6 is 0 Å². The first-order valence-electron chi connectivity index (χ1n) is 25.6. The third-order valence-corrected chi connectivity index (χ3v) is 12.2. The predicted molar refractivity (Wildman–Crippen MR) is 246 cm³/mol. The van der Waals surface area contributed by atoms with E-state index in [-0.39, 0.29) is 24.3 Å². The van der Waals surface area contributed by atoms with Crippen molar-refractivity contribution >= 4 is 17.7 Å². The zero-order valence-electron chi connectivity index (χ0n) is 39.3. The first-order valence-corrected chi connectivity index (χ1v) is 25.6. The topological polar surface area (TPSA) is 93.1 Å². The van der Waals surface area contributed by atoms with E-state index in [1.165, 1.54) is 141 Å². The van der Waals surface area contributed by atoms with Crippen molar-refractivity contribution in [1.82, 2.24) is 4.90 Å². The third kappa shape index (κ3) is 40.0. The Bertz CT molecular complexity index is 896. The minimum atomic E-state index is -0.0801. The number of rotatable bonds is 47. The van der Waals surface area contributed by atoms with Crippen LogP contribution in [-0.4, -0.2) is 67.2 Å². The van der Waals surface area contributed by atoms with Crippen molar-refractivity contribution in [3.05, 3.63) is 0 Å². The number of ether oxygens (including phenoxy) is 2. The molecular weight excluding hydrogens is 723 g/mol. The van der Waals surface area contributed by atoms with Crippen LogP contribution in [0.15, 0.2) is 0 Å². The summed E-state index contributed by atoms with van der Waals surface area (Å²) < 4.78 is 11.2. The number of esters is 2. The molecule has 1 N–H and O–H groups in total. The highest BCUT2D eigenvalue weighted by atomic mass is 16.5. The summed E-state index contributed by atoms with van der Waals surface area (Å²) in [6.45, 7) is 12.4. The lowest BCUT2D eigenvalue weighted by Gasteiger charge is -2.21. The molecule has 0 aromatic heterocycles. The number of Topliss-reactive ketones (excluding diaryl/α,β-unsaturated/α-hetero) is 1. The SMILES string of the molecule is CCCCCCCC(CCCCCC)CCC(=O)OCCCCCCN(CCCCCO)CC(=O)CCCCOC(=O)CCC(CCCCCC)CCCCCCC. The Morgan fingerprint density at radius 3 is 1.21 bits per heavy atom. The fraction of sp³-hybridized carbons (Fsp3) is 0.941. The van der Waals surface area contributed by atoms with Gasteiger partial charge in [-0.15, -0.1) is 0 Å². The van der Waals surface area contributed by atoms with Crippen LogP contribution < -0.4 is 0 Å². The Labute approximate surface area is 360 Å². The van der Waals surface area contributed by atoms with E-state index in [4.69, 9.17) is 9.47 Å². The lowest BCUT2D eigenvalue weighted by atomic mass is 9.90. The number of ketones is 1. The van der Waals surface area contributed by atoms with Gasteiger partial charge in [0.25, 0.3) is 0 Å². The predicted octanol–water partition coefficient (Wildman–Crippen LogP) is 14.3. The van der Waals surface area contributed by atoms with Gasteiger partial charge in [-0.25, -0.2) is 0 Å². The number of unbranched alkanes of at least 4 members (excludes halogenated alkanes) is 20. The fourth-order valence-corrected chi connectivity index (χ4v) is 8.26. The van der Waals surface area contributed by atoms with Crippen molar-refractivity contribution in [1.29, 1.82) is 0 Å². The van der Waals surface area contributed by atoms with Crippen LogP contribution in [0.4, 0.5) is 0 Å². The summed E-state index contributed by atoms with van der Waals surface area (Å²) in [5.41, 5.74) is 0. The van der Waals surface area contributed by atoms with Crippen molar-refractivity contribution in [2.45, 2.75) is 259 Å². The monoisotopic (exact) mass is 822 g/mol. The van der Waals surface area contributed by atoms with Gasteiger partial charge in [0.15, 0.2) is 0 Å². The van der Waals surface area contributed by atoms with E-state index in [0.29, 0.717) is 50.9 Å². The van der Waals surface area contributed by atoms with Gasteiger partial charge < -0.3 is 14.6 Å². The normalized spacial score (nSPS) is 12.6. The highest BCUT2D eigenvalue weighted by molar-refractivity contribution is 5.80. The molecule has 0 bridgehead atoms. The van der Waals surface area contributed by atoms with Gasteiger partial charge in [0, 0.05) is 25.9 Å². The zero-order chi connectivity index (χ0) is 42.6. The van der Waals surface area contributed by atoms with E-state index in [9.17, 15) is 19.5 Å². The third-order valence-electron chi connectivity index (χ3n) is 12.2. The van der Waals surface area contributed by atoms with Gasteiger partial charge in [-0.2, -0.15) is 0 Å². The highest BCUT2D eigenvalue weighted by Crippen LogP contribution is 2.25. The Morgan fingerprint density at radius 1 is 0.414 bits per heavy atom. The molecule has 7 nitrogen and oxygen atoms in total. The second kappa shape index (κ2) is 45.1. The number of aliphatic hydroxyl groups excluding tert-OH is 1. The largest absolute Gasteiger partial charge is 0.466 e. The van der Waals surface area contributed by atoms with Crippen LogP contribution in [0.25, 0.3) is 0 Å². The average Bonchev–Trinajstić information content (AvgIpc) is 3.22. The standard InChI is InChI=1S/C51H99NO6/c1-5-9-13-17-24-34-47(32-22-15-11-7-3)37-39-50(55)57-44-30-20-19-27-41-52(42-28-21-29-43-53)46-49(54)36-26-31-45-58-51(56)40-38-48(33-23-16-12-8-4)35-25-18-14-10-6-2/h47-48,53H,5-46H2,1-4H3. The molecule has 2 unspecified atom stereocenters. The second-order valence-corrected chi connectivity index (χ2v) is 17.8. The Hall–Kier alpha value is -1.47.